The molecule has 3 nitrogen and oxygen atoms in total. The number of nitrogens with zero attached hydrogens (tertiary/aromatic N) is 1. The van der Waals surface area contributed by atoms with Gasteiger partial charge in [-0.15, -0.1) is 0 Å². The molecule has 1 aromatic rings. The van der Waals surface area contributed by atoms with Crippen molar-refractivity contribution in [2.45, 2.75) is 51.8 Å². The van der Waals surface area contributed by atoms with E-state index in [1.165, 1.54) is 5.56 Å². The van der Waals surface area contributed by atoms with Crippen LogP contribution in [-0.2, 0) is 4.74 Å². The zero-order valence-electron chi connectivity index (χ0n) is 13.9. The van der Waals surface area contributed by atoms with Crippen molar-refractivity contribution >= 4 is 0 Å². The van der Waals surface area contributed by atoms with Gasteiger partial charge in [0.2, 0.25) is 0 Å². The van der Waals surface area contributed by atoms with Crippen molar-refractivity contribution in [2.24, 2.45) is 0 Å². The summed E-state index contributed by atoms with van der Waals surface area (Å²) in [5.41, 5.74) is 1.60. The average molecular weight is 290 g/mol. The minimum absolute atomic E-state index is 0.206. The molecule has 2 rings (SSSR count). The van der Waals surface area contributed by atoms with Gasteiger partial charge in [0.1, 0.15) is 0 Å². The van der Waals surface area contributed by atoms with E-state index in [1.54, 1.807) is 0 Å². The molecule has 1 aliphatic rings. The lowest BCUT2D eigenvalue weighted by atomic mass is 9.91. The van der Waals surface area contributed by atoms with Crippen LogP contribution in [0, 0.1) is 0 Å². The maximum Gasteiger partial charge on any atom is 0.0673 e. The fraction of sp³-hybridized carbons (Fsp3) is 0.667. The summed E-state index contributed by atoms with van der Waals surface area (Å²) in [5.74, 6) is 0. The second kappa shape index (κ2) is 7.39. The molecule has 1 aliphatic heterocycles. The topological polar surface area (TPSA) is 24.5 Å². The third-order valence-electron chi connectivity index (χ3n) is 4.62. The van der Waals surface area contributed by atoms with E-state index in [1.807, 2.05) is 0 Å². The first-order chi connectivity index (χ1) is 10.1. The van der Waals surface area contributed by atoms with Crippen molar-refractivity contribution < 1.29 is 4.74 Å². The standard InChI is InChI=1S/C18H30N2O/c1-5-18(4)14-20(13-15(3)21-6-2)17(12-19-18)16-10-8-7-9-11-16/h7-11,15,17,19H,5-6,12-14H2,1-4H3. The molecule has 0 aromatic heterocycles. The lowest BCUT2D eigenvalue weighted by Gasteiger charge is -2.47. The van der Waals surface area contributed by atoms with Crippen LogP contribution in [0.2, 0.25) is 0 Å². The SMILES string of the molecule is CCOC(C)CN1CC(C)(CC)NCC1c1ccccc1. The van der Waals surface area contributed by atoms with E-state index in [2.05, 4.69) is 68.2 Å². The Balaban J connectivity index is 2.14. The molecule has 3 unspecified atom stereocenters. The van der Waals surface area contributed by atoms with Crippen molar-refractivity contribution in [3.05, 3.63) is 35.9 Å². The Morgan fingerprint density at radius 3 is 2.67 bits per heavy atom. The third kappa shape index (κ3) is 4.29. The molecule has 3 atom stereocenters. The normalized spacial score (nSPS) is 28.5. The van der Waals surface area contributed by atoms with Crippen LogP contribution >= 0.6 is 0 Å². The van der Waals surface area contributed by atoms with Crippen molar-refractivity contribution in [3.63, 3.8) is 0 Å². The Bertz CT molecular complexity index is 422. The van der Waals surface area contributed by atoms with Crippen molar-refractivity contribution in [1.82, 2.24) is 10.2 Å². The lowest BCUT2D eigenvalue weighted by Crippen LogP contribution is -2.60. The molecule has 1 saturated heterocycles. The van der Waals surface area contributed by atoms with Crippen LogP contribution in [-0.4, -0.2) is 42.8 Å². The Hall–Kier alpha value is -0.900. The Labute approximate surface area is 129 Å². The van der Waals surface area contributed by atoms with Gasteiger partial charge >= 0.3 is 0 Å². The Morgan fingerprint density at radius 1 is 1.33 bits per heavy atom. The third-order valence-corrected chi connectivity index (χ3v) is 4.62. The summed E-state index contributed by atoms with van der Waals surface area (Å²) >= 11 is 0. The van der Waals surface area contributed by atoms with E-state index < -0.39 is 0 Å². The first kappa shape index (κ1) is 16.5. The van der Waals surface area contributed by atoms with Gasteiger partial charge in [-0.25, -0.2) is 0 Å². The minimum atomic E-state index is 0.206. The summed E-state index contributed by atoms with van der Waals surface area (Å²) < 4.78 is 5.77. The van der Waals surface area contributed by atoms with Gasteiger partial charge in [0.25, 0.3) is 0 Å². The monoisotopic (exact) mass is 290 g/mol. The number of rotatable bonds is 6. The molecule has 21 heavy (non-hydrogen) atoms. The van der Waals surface area contributed by atoms with Gasteiger partial charge in [-0.05, 0) is 32.8 Å². The van der Waals surface area contributed by atoms with Crippen molar-refractivity contribution in [1.29, 1.82) is 0 Å². The van der Waals surface area contributed by atoms with Gasteiger partial charge in [-0.3, -0.25) is 4.90 Å². The molecule has 3 heteroatoms. The molecule has 0 saturated carbocycles. The minimum Gasteiger partial charge on any atom is -0.377 e. The summed E-state index contributed by atoms with van der Waals surface area (Å²) in [4.78, 5) is 2.59. The zero-order valence-corrected chi connectivity index (χ0v) is 13.9. The maximum atomic E-state index is 5.77. The fourth-order valence-corrected chi connectivity index (χ4v) is 3.19. The van der Waals surface area contributed by atoms with Gasteiger partial charge in [0.15, 0.2) is 0 Å². The van der Waals surface area contributed by atoms with Crippen LogP contribution in [0.25, 0.3) is 0 Å². The van der Waals surface area contributed by atoms with Crippen molar-refractivity contribution in [3.8, 4) is 0 Å². The number of hydrogen-bond acceptors (Lipinski definition) is 3. The zero-order chi connectivity index (χ0) is 15.3. The van der Waals surface area contributed by atoms with E-state index >= 15 is 0 Å². The average Bonchev–Trinajstić information content (AvgIpc) is 2.48. The second-order valence-electron chi connectivity index (χ2n) is 6.42. The molecule has 0 aliphatic carbocycles. The summed E-state index contributed by atoms with van der Waals surface area (Å²) in [6.07, 6.45) is 1.43. The number of benzene rings is 1. The lowest BCUT2D eigenvalue weighted by molar-refractivity contribution is 0.00639. The van der Waals surface area contributed by atoms with Crippen molar-refractivity contribution in [2.75, 3.05) is 26.2 Å². The molecule has 1 N–H and O–H groups in total. The molecule has 0 bridgehead atoms. The van der Waals surface area contributed by atoms with Crippen LogP contribution in [0.5, 0.6) is 0 Å². The van der Waals surface area contributed by atoms with Crippen LogP contribution in [0.3, 0.4) is 0 Å². The smallest absolute Gasteiger partial charge is 0.0673 e. The molecule has 0 radical (unpaired) electrons. The highest BCUT2D eigenvalue weighted by Gasteiger charge is 2.35. The fourth-order valence-electron chi connectivity index (χ4n) is 3.19. The first-order valence-electron chi connectivity index (χ1n) is 8.23. The van der Waals surface area contributed by atoms with Crippen LogP contribution in [0.15, 0.2) is 30.3 Å². The quantitative estimate of drug-likeness (QED) is 0.870. The molecule has 1 aromatic carbocycles. The molecule has 1 heterocycles. The van der Waals surface area contributed by atoms with Gasteiger partial charge < -0.3 is 10.1 Å². The number of ether oxygens (including phenoxy) is 1. The van der Waals surface area contributed by atoms with E-state index in [9.17, 15) is 0 Å². The van der Waals surface area contributed by atoms with Gasteiger partial charge in [-0.1, -0.05) is 37.3 Å². The van der Waals surface area contributed by atoms with E-state index in [0.717, 1.165) is 32.7 Å². The van der Waals surface area contributed by atoms with Crippen LogP contribution < -0.4 is 5.32 Å². The van der Waals surface area contributed by atoms with Crippen LogP contribution in [0.4, 0.5) is 0 Å². The second-order valence-corrected chi connectivity index (χ2v) is 6.42. The number of hydrogen-bond donors (Lipinski definition) is 1. The summed E-state index contributed by atoms with van der Waals surface area (Å²) in [7, 11) is 0. The Morgan fingerprint density at radius 2 is 2.05 bits per heavy atom. The number of piperazine rings is 1. The van der Waals surface area contributed by atoms with Crippen LogP contribution in [0.1, 0.15) is 45.7 Å². The maximum absolute atomic E-state index is 5.77. The molecule has 0 amide bonds. The highest BCUT2D eigenvalue weighted by atomic mass is 16.5. The van der Waals surface area contributed by atoms with E-state index in [-0.39, 0.29) is 11.6 Å². The predicted octanol–water partition coefficient (Wildman–Crippen LogP) is 3.23. The summed E-state index contributed by atoms with van der Waals surface area (Å²) in [6, 6.07) is 11.3. The van der Waals surface area contributed by atoms with Gasteiger partial charge in [-0.2, -0.15) is 0 Å². The molecule has 0 spiro atoms. The first-order valence-corrected chi connectivity index (χ1v) is 8.23. The highest BCUT2D eigenvalue weighted by Crippen LogP contribution is 2.28. The van der Waals surface area contributed by atoms with E-state index in [4.69, 9.17) is 4.74 Å². The molecular formula is C18H30N2O. The predicted molar refractivity (Wildman–Crippen MR) is 88.5 cm³/mol. The van der Waals surface area contributed by atoms with Gasteiger partial charge in [0.05, 0.1) is 6.10 Å². The molecule has 118 valence electrons. The summed E-state index contributed by atoms with van der Waals surface area (Å²) in [5, 5.41) is 3.75. The Kier molecular flexibility index (Phi) is 5.80. The number of nitrogens with one attached hydrogen (secondary N) is 1. The largest absolute Gasteiger partial charge is 0.377 e. The highest BCUT2D eigenvalue weighted by molar-refractivity contribution is 5.21. The molecular weight excluding hydrogens is 260 g/mol. The van der Waals surface area contributed by atoms with Gasteiger partial charge in [0, 0.05) is 37.8 Å². The van der Waals surface area contributed by atoms with E-state index in [0.29, 0.717) is 6.04 Å². The summed E-state index contributed by atoms with van der Waals surface area (Å²) in [6.45, 7) is 12.7. The molecule has 1 fully saturated rings.